The van der Waals surface area contributed by atoms with Crippen LogP contribution in [0.2, 0.25) is 0 Å². The molecular weight excluding hydrogens is 388 g/mol. The Morgan fingerprint density at radius 1 is 0.733 bits per heavy atom. The Hall–Kier alpha value is -3.10. The van der Waals surface area contributed by atoms with Gasteiger partial charge in [-0.05, 0) is 35.4 Å². The van der Waals surface area contributed by atoms with Gasteiger partial charge in [-0.25, -0.2) is 0 Å². The van der Waals surface area contributed by atoms with Crippen LogP contribution >= 0.6 is 0 Å². The van der Waals surface area contributed by atoms with Crippen LogP contribution in [0.4, 0.5) is 0 Å². The summed E-state index contributed by atoms with van der Waals surface area (Å²) in [6.45, 7) is 0.593. The zero-order valence-electron chi connectivity index (χ0n) is 17.6. The summed E-state index contributed by atoms with van der Waals surface area (Å²) in [4.78, 5) is 28.5. The Morgan fingerprint density at radius 2 is 1.03 bits per heavy atom. The molecule has 2 atom stereocenters. The molecule has 0 saturated carbocycles. The molecule has 2 unspecified atom stereocenters. The van der Waals surface area contributed by atoms with Crippen LogP contribution in [0.15, 0.2) is 48.5 Å². The average Bonchev–Trinajstić information content (AvgIpc) is 2.75. The second-order valence-electron chi connectivity index (χ2n) is 6.93. The molecule has 0 aliphatic carbocycles. The monoisotopic (exact) mass is 416 g/mol. The SMILES string of the molecule is COC(C(=O)N(C)CCN(C)C(=O)C(OC)c1ccc(O)cc1)c1ccc(O)cc1. The van der Waals surface area contributed by atoms with Gasteiger partial charge in [0.1, 0.15) is 11.5 Å². The number of phenolic OH excluding ortho intramolecular Hbond substituents is 2. The summed E-state index contributed by atoms with van der Waals surface area (Å²) in [6, 6.07) is 12.5. The lowest BCUT2D eigenvalue weighted by Gasteiger charge is -2.27. The van der Waals surface area contributed by atoms with Gasteiger partial charge in [0.25, 0.3) is 11.8 Å². The highest BCUT2D eigenvalue weighted by molar-refractivity contribution is 5.83. The van der Waals surface area contributed by atoms with Crippen LogP contribution in [0.1, 0.15) is 23.3 Å². The van der Waals surface area contributed by atoms with Crippen LogP contribution in [-0.2, 0) is 19.1 Å². The minimum Gasteiger partial charge on any atom is -0.508 e. The van der Waals surface area contributed by atoms with Crippen molar-refractivity contribution < 1.29 is 29.3 Å². The number of benzene rings is 2. The van der Waals surface area contributed by atoms with E-state index in [1.807, 2.05) is 0 Å². The van der Waals surface area contributed by atoms with E-state index in [4.69, 9.17) is 9.47 Å². The summed E-state index contributed by atoms with van der Waals surface area (Å²) in [5, 5.41) is 18.8. The third-order valence-electron chi connectivity index (χ3n) is 4.83. The molecule has 0 bridgehead atoms. The summed E-state index contributed by atoms with van der Waals surface area (Å²) in [5.41, 5.74) is 1.26. The minimum absolute atomic E-state index is 0.107. The first-order valence-electron chi connectivity index (χ1n) is 9.41. The van der Waals surface area contributed by atoms with Gasteiger partial charge in [-0.3, -0.25) is 9.59 Å². The van der Waals surface area contributed by atoms with Crippen LogP contribution in [0, 0.1) is 0 Å². The predicted molar refractivity (Wildman–Crippen MR) is 111 cm³/mol. The fraction of sp³-hybridized carbons (Fsp3) is 0.364. The molecule has 0 aliphatic rings. The zero-order valence-corrected chi connectivity index (χ0v) is 17.6. The number of carbonyl (C=O) groups excluding carboxylic acids is 2. The maximum absolute atomic E-state index is 12.8. The molecule has 0 aromatic heterocycles. The van der Waals surface area contributed by atoms with Crippen molar-refractivity contribution in [2.75, 3.05) is 41.4 Å². The first-order chi connectivity index (χ1) is 14.3. The van der Waals surface area contributed by atoms with Crippen molar-refractivity contribution in [3.63, 3.8) is 0 Å². The van der Waals surface area contributed by atoms with Crippen molar-refractivity contribution in [1.82, 2.24) is 9.80 Å². The Kier molecular flexibility index (Phi) is 8.20. The second-order valence-corrected chi connectivity index (χ2v) is 6.93. The van der Waals surface area contributed by atoms with Gasteiger partial charge in [0.2, 0.25) is 0 Å². The number of aromatic hydroxyl groups is 2. The number of likely N-dealkylation sites (N-methyl/N-ethyl adjacent to an activating group) is 2. The molecule has 0 fully saturated rings. The maximum Gasteiger partial charge on any atom is 0.256 e. The lowest BCUT2D eigenvalue weighted by Crippen LogP contribution is -2.41. The van der Waals surface area contributed by atoms with Gasteiger partial charge >= 0.3 is 0 Å². The van der Waals surface area contributed by atoms with E-state index in [-0.39, 0.29) is 23.3 Å². The fourth-order valence-corrected chi connectivity index (χ4v) is 2.98. The van der Waals surface area contributed by atoms with E-state index in [1.165, 1.54) is 48.3 Å². The predicted octanol–water partition coefficient (Wildman–Crippen LogP) is 2.09. The van der Waals surface area contributed by atoms with Crippen molar-refractivity contribution in [2.45, 2.75) is 12.2 Å². The number of nitrogens with zero attached hydrogens (tertiary/aromatic N) is 2. The van der Waals surface area contributed by atoms with Crippen molar-refractivity contribution in [1.29, 1.82) is 0 Å². The Labute approximate surface area is 176 Å². The minimum atomic E-state index is -0.805. The van der Waals surface area contributed by atoms with E-state index in [0.717, 1.165) is 0 Å². The van der Waals surface area contributed by atoms with Gasteiger partial charge in [-0.1, -0.05) is 24.3 Å². The first-order valence-corrected chi connectivity index (χ1v) is 9.41. The average molecular weight is 416 g/mol. The Morgan fingerprint density at radius 3 is 1.30 bits per heavy atom. The number of hydrogen-bond donors (Lipinski definition) is 2. The summed E-state index contributed by atoms with van der Waals surface area (Å²) in [5.74, 6) is -0.302. The summed E-state index contributed by atoms with van der Waals surface area (Å²) in [7, 11) is 6.17. The van der Waals surface area contributed by atoms with Crippen molar-refractivity contribution >= 4 is 11.8 Å². The molecular formula is C22H28N2O6. The van der Waals surface area contributed by atoms with Gasteiger partial charge in [-0.15, -0.1) is 0 Å². The van der Waals surface area contributed by atoms with Gasteiger partial charge < -0.3 is 29.5 Å². The molecule has 2 N–H and O–H groups in total. The normalized spacial score (nSPS) is 12.8. The summed E-state index contributed by atoms with van der Waals surface area (Å²) < 4.78 is 10.7. The van der Waals surface area contributed by atoms with Crippen LogP contribution < -0.4 is 0 Å². The molecule has 0 radical (unpaired) electrons. The van der Waals surface area contributed by atoms with Crippen molar-refractivity contribution in [2.24, 2.45) is 0 Å². The van der Waals surface area contributed by atoms with E-state index < -0.39 is 12.2 Å². The molecule has 0 aliphatic heterocycles. The highest BCUT2D eigenvalue weighted by Gasteiger charge is 2.26. The van der Waals surface area contributed by atoms with Crippen LogP contribution in [0.3, 0.4) is 0 Å². The molecule has 0 heterocycles. The number of hydrogen-bond acceptors (Lipinski definition) is 6. The molecule has 8 heteroatoms. The van der Waals surface area contributed by atoms with Gasteiger partial charge in [-0.2, -0.15) is 0 Å². The summed E-state index contributed by atoms with van der Waals surface area (Å²) in [6.07, 6.45) is -1.61. The van der Waals surface area contributed by atoms with Crippen molar-refractivity contribution in [3.8, 4) is 11.5 Å². The first kappa shape index (κ1) is 23.2. The number of methoxy groups -OCH3 is 2. The molecule has 2 rings (SSSR count). The molecule has 30 heavy (non-hydrogen) atoms. The molecule has 2 aromatic rings. The summed E-state index contributed by atoms with van der Waals surface area (Å²) >= 11 is 0. The smallest absolute Gasteiger partial charge is 0.256 e. The van der Waals surface area contributed by atoms with E-state index in [2.05, 4.69) is 0 Å². The molecule has 162 valence electrons. The van der Waals surface area contributed by atoms with E-state index in [1.54, 1.807) is 38.4 Å². The van der Waals surface area contributed by atoms with Gasteiger partial charge in [0.05, 0.1) is 0 Å². The van der Waals surface area contributed by atoms with Crippen LogP contribution in [0.5, 0.6) is 11.5 Å². The topological polar surface area (TPSA) is 99.5 Å². The number of phenols is 2. The molecule has 2 aromatic carbocycles. The third kappa shape index (κ3) is 5.71. The van der Waals surface area contributed by atoms with Gasteiger partial charge in [0, 0.05) is 41.4 Å². The lowest BCUT2D eigenvalue weighted by atomic mass is 10.1. The Balaban J connectivity index is 1.98. The zero-order chi connectivity index (χ0) is 22.3. The molecule has 0 saturated heterocycles. The largest absolute Gasteiger partial charge is 0.508 e. The van der Waals surface area contributed by atoms with E-state index in [0.29, 0.717) is 24.2 Å². The van der Waals surface area contributed by atoms with Crippen LogP contribution in [0.25, 0.3) is 0 Å². The van der Waals surface area contributed by atoms with Gasteiger partial charge in [0.15, 0.2) is 12.2 Å². The Bertz CT molecular complexity index is 766. The number of amides is 2. The number of ether oxygens (including phenoxy) is 2. The fourth-order valence-electron chi connectivity index (χ4n) is 2.98. The third-order valence-corrected chi connectivity index (χ3v) is 4.83. The highest BCUT2D eigenvalue weighted by Crippen LogP contribution is 2.23. The number of carbonyl (C=O) groups is 2. The molecule has 8 nitrogen and oxygen atoms in total. The quantitative estimate of drug-likeness (QED) is 0.649. The maximum atomic E-state index is 12.8. The van der Waals surface area contributed by atoms with Crippen molar-refractivity contribution in [3.05, 3.63) is 59.7 Å². The molecule has 0 spiro atoms. The standard InChI is InChI=1S/C22H28N2O6/c1-23(21(27)19(29-3)15-5-9-17(25)10-6-15)13-14-24(2)22(28)20(30-4)16-7-11-18(26)12-8-16/h5-12,19-20,25-26H,13-14H2,1-4H3. The second kappa shape index (κ2) is 10.6. The van der Waals surface area contributed by atoms with E-state index in [9.17, 15) is 19.8 Å². The molecule has 2 amide bonds. The lowest BCUT2D eigenvalue weighted by molar-refractivity contribution is -0.144. The van der Waals surface area contributed by atoms with E-state index >= 15 is 0 Å². The number of rotatable bonds is 9. The highest BCUT2D eigenvalue weighted by atomic mass is 16.5. The van der Waals surface area contributed by atoms with Crippen LogP contribution in [-0.4, -0.2) is 73.2 Å².